The molecule has 3 rings (SSSR count). The summed E-state index contributed by atoms with van der Waals surface area (Å²) < 4.78 is 38.0. The molecule has 0 saturated carbocycles. The zero-order chi connectivity index (χ0) is 21.9. The molecule has 1 aliphatic heterocycles. The van der Waals surface area contributed by atoms with Crippen LogP contribution in [0.2, 0.25) is 0 Å². The molecule has 1 fully saturated rings. The van der Waals surface area contributed by atoms with Gasteiger partial charge in [-0.3, -0.25) is 4.79 Å². The fraction of sp³-hybridized carbons (Fsp3) is 0.409. The number of rotatable bonds is 6. The van der Waals surface area contributed by atoms with Crippen LogP contribution in [-0.2, 0) is 14.8 Å². The topological polar surface area (TPSA) is 76.1 Å². The number of benzene rings is 2. The molecule has 1 aliphatic rings. The van der Waals surface area contributed by atoms with Crippen molar-refractivity contribution >= 4 is 21.6 Å². The number of carbonyl (C=O) groups excluding carboxylic acids is 1. The monoisotopic (exact) mass is 432 g/mol. The van der Waals surface area contributed by atoms with E-state index in [9.17, 15) is 13.2 Å². The number of methoxy groups -OCH3 is 1. The average molecular weight is 433 g/mol. The molecule has 0 N–H and O–H groups in total. The van der Waals surface area contributed by atoms with Crippen molar-refractivity contribution < 1.29 is 22.7 Å². The predicted molar refractivity (Wildman–Crippen MR) is 116 cm³/mol. The molecule has 8 heteroatoms. The molecular weight excluding hydrogens is 404 g/mol. The molecule has 0 aliphatic carbocycles. The lowest BCUT2D eigenvalue weighted by atomic mass is 10.0. The number of anilines is 1. The highest BCUT2D eigenvalue weighted by atomic mass is 32.2. The van der Waals surface area contributed by atoms with Gasteiger partial charge in [-0.1, -0.05) is 26.0 Å². The van der Waals surface area contributed by atoms with Crippen LogP contribution in [-0.4, -0.2) is 59.1 Å². The van der Waals surface area contributed by atoms with Crippen molar-refractivity contribution in [2.45, 2.75) is 24.7 Å². The van der Waals surface area contributed by atoms with Crippen LogP contribution in [0.15, 0.2) is 47.4 Å². The molecule has 2 aromatic rings. The van der Waals surface area contributed by atoms with Crippen LogP contribution in [0.1, 0.15) is 35.7 Å². The van der Waals surface area contributed by atoms with Crippen LogP contribution in [0, 0.1) is 0 Å². The Labute approximate surface area is 178 Å². The highest BCUT2D eigenvalue weighted by Crippen LogP contribution is 2.28. The Morgan fingerprint density at radius 3 is 2.47 bits per heavy atom. The van der Waals surface area contributed by atoms with Gasteiger partial charge in [0.05, 0.1) is 30.8 Å². The molecule has 0 atom stereocenters. The molecule has 0 spiro atoms. The summed E-state index contributed by atoms with van der Waals surface area (Å²) in [6.07, 6.45) is 0. The highest BCUT2D eigenvalue weighted by molar-refractivity contribution is 7.89. The van der Waals surface area contributed by atoms with Gasteiger partial charge >= 0.3 is 0 Å². The molecule has 7 nitrogen and oxygen atoms in total. The van der Waals surface area contributed by atoms with Gasteiger partial charge in [-0.05, 0) is 41.8 Å². The SMILES string of the molecule is COc1ccc(S(=O)(=O)N2CCOCC2)cc1C(=O)N(C)c1cccc(C(C)C)c1. The maximum Gasteiger partial charge on any atom is 0.261 e. The standard InChI is InChI=1S/C22H28N2O5S/c1-16(2)17-6-5-7-18(14-17)23(3)22(25)20-15-19(8-9-21(20)28-4)30(26,27)24-10-12-29-13-11-24/h5-9,14-16H,10-13H2,1-4H3. The lowest BCUT2D eigenvalue weighted by Crippen LogP contribution is -2.40. The van der Waals surface area contributed by atoms with Crippen LogP contribution < -0.4 is 9.64 Å². The van der Waals surface area contributed by atoms with Gasteiger partial charge in [0.25, 0.3) is 5.91 Å². The first-order valence-corrected chi connectivity index (χ1v) is 11.3. The molecule has 0 bridgehead atoms. The van der Waals surface area contributed by atoms with E-state index in [0.29, 0.717) is 38.0 Å². The number of hydrogen-bond donors (Lipinski definition) is 0. The largest absolute Gasteiger partial charge is 0.496 e. The Kier molecular flexibility index (Phi) is 6.80. The van der Waals surface area contributed by atoms with Gasteiger partial charge < -0.3 is 14.4 Å². The molecule has 0 radical (unpaired) electrons. The molecule has 2 aromatic carbocycles. The van der Waals surface area contributed by atoms with Crippen LogP contribution >= 0.6 is 0 Å². The van der Waals surface area contributed by atoms with E-state index in [0.717, 1.165) is 11.3 Å². The van der Waals surface area contributed by atoms with Crippen LogP contribution in [0.5, 0.6) is 5.75 Å². The van der Waals surface area contributed by atoms with E-state index in [1.807, 2.05) is 24.3 Å². The zero-order valence-corrected chi connectivity index (χ0v) is 18.6. The Balaban J connectivity index is 1.97. The van der Waals surface area contributed by atoms with Gasteiger partial charge in [-0.2, -0.15) is 4.31 Å². The van der Waals surface area contributed by atoms with Crippen molar-refractivity contribution in [1.82, 2.24) is 4.31 Å². The van der Waals surface area contributed by atoms with E-state index < -0.39 is 10.0 Å². The fourth-order valence-corrected chi connectivity index (χ4v) is 4.78. The summed E-state index contributed by atoms with van der Waals surface area (Å²) in [4.78, 5) is 14.9. The number of amides is 1. The minimum absolute atomic E-state index is 0.0675. The van der Waals surface area contributed by atoms with Gasteiger partial charge in [0.15, 0.2) is 0 Å². The Morgan fingerprint density at radius 2 is 1.83 bits per heavy atom. The molecule has 1 heterocycles. The van der Waals surface area contributed by atoms with Crippen molar-refractivity contribution in [1.29, 1.82) is 0 Å². The first-order chi connectivity index (χ1) is 14.3. The van der Waals surface area contributed by atoms with E-state index in [2.05, 4.69) is 13.8 Å². The normalized spacial score (nSPS) is 15.2. The number of ether oxygens (including phenoxy) is 2. The first-order valence-electron chi connectivity index (χ1n) is 9.89. The highest BCUT2D eigenvalue weighted by Gasteiger charge is 2.28. The Bertz CT molecular complexity index is 1010. The third kappa shape index (κ3) is 4.50. The lowest BCUT2D eigenvalue weighted by molar-refractivity contribution is 0.0730. The number of hydrogen-bond acceptors (Lipinski definition) is 5. The van der Waals surface area contributed by atoms with E-state index >= 15 is 0 Å². The van der Waals surface area contributed by atoms with Crippen LogP contribution in [0.4, 0.5) is 5.69 Å². The van der Waals surface area contributed by atoms with Gasteiger partial charge in [-0.15, -0.1) is 0 Å². The molecule has 1 amide bonds. The van der Waals surface area contributed by atoms with Gasteiger partial charge in [-0.25, -0.2) is 8.42 Å². The van der Waals surface area contributed by atoms with Gasteiger partial charge in [0.2, 0.25) is 10.0 Å². The van der Waals surface area contributed by atoms with E-state index in [-0.39, 0.29) is 16.4 Å². The quantitative estimate of drug-likeness (QED) is 0.701. The summed E-state index contributed by atoms with van der Waals surface area (Å²) >= 11 is 0. The molecule has 1 saturated heterocycles. The van der Waals surface area contributed by atoms with E-state index in [1.165, 1.54) is 34.5 Å². The summed E-state index contributed by atoms with van der Waals surface area (Å²) in [5, 5.41) is 0. The van der Waals surface area contributed by atoms with E-state index in [4.69, 9.17) is 9.47 Å². The predicted octanol–water partition coefficient (Wildman–Crippen LogP) is 3.12. The summed E-state index contributed by atoms with van der Waals surface area (Å²) in [6.45, 7) is 5.47. The number of sulfonamides is 1. The van der Waals surface area contributed by atoms with Crippen molar-refractivity contribution in [3.05, 3.63) is 53.6 Å². The molecule has 0 unspecified atom stereocenters. The number of morpholine rings is 1. The minimum Gasteiger partial charge on any atom is -0.496 e. The third-order valence-electron chi connectivity index (χ3n) is 5.24. The smallest absolute Gasteiger partial charge is 0.261 e. The fourth-order valence-electron chi connectivity index (χ4n) is 3.34. The van der Waals surface area contributed by atoms with E-state index in [1.54, 1.807) is 7.05 Å². The average Bonchev–Trinajstić information content (AvgIpc) is 2.78. The maximum atomic E-state index is 13.3. The summed E-state index contributed by atoms with van der Waals surface area (Å²) in [7, 11) is -0.593. The second-order valence-electron chi connectivity index (χ2n) is 7.49. The Hall–Kier alpha value is -2.42. The minimum atomic E-state index is -3.72. The molecular formula is C22H28N2O5S. The Morgan fingerprint density at radius 1 is 1.13 bits per heavy atom. The summed E-state index contributed by atoms with van der Waals surface area (Å²) in [5.41, 5.74) is 2.04. The van der Waals surface area contributed by atoms with Crippen molar-refractivity contribution in [2.75, 3.05) is 45.4 Å². The molecule has 0 aromatic heterocycles. The number of carbonyl (C=O) groups is 1. The molecule has 30 heavy (non-hydrogen) atoms. The second kappa shape index (κ2) is 9.16. The second-order valence-corrected chi connectivity index (χ2v) is 9.43. The molecule has 162 valence electrons. The summed E-state index contributed by atoms with van der Waals surface area (Å²) in [5.74, 6) is 0.310. The van der Waals surface area contributed by atoms with Gasteiger partial charge in [0, 0.05) is 25.8 Å². The lowest BCUT2D eigenvalue weighted by Gasteiger charge is -2.26. The maximum absolute atomic E-state index is 13.3. The van der Waals surface area contributed by atoms with Gasteiger partial charge in [0.1, 0.15) is 5.75 Å². The van der Waals surface area contributed by atoms with Crippen molar-refractivity contribution in [3.8, 4) is 5.75 Å². The van der Waals surface area contributed by atoms with Crippen LogP contribution in [0.25, 0.3) is 0 Å². The third-order valence-corrected chi connectivity index (χ3v) is 7.13. The first kappa shape index (κ1) is 22.3. The van der Waals surface area contributed by atoms with Crippen molar-refractivity contribution in [2.24, 2.45) is 0 Å². The zero-order valence-electron chi connectivity index (χ0n) is 17.8. The number of nitrogens with zero attached hydrogens (tertiary/aromatic N) is 2. The van der Waals surface area contributed by atoms with Crippen molar-refractivity contribution in [3.63, 3.8) is 0 Å². The summed E-state index contributed by atoms with van der Waals surface area (Å²) in [6, 6.07) is 12.1. The van der Waals surface area contributed by atoms with Crippen LogP contribution in [0.3, 0.4) is 0 Å².